The fourth-order valence-corrected chi connectivity index (χ4v) is 1.99. The molecule has 0 aliphatic heterocycles. The molecule has 0 bridgehead atoms. The van der Waals surface area contributed by atoms with Crippen molar-refractivity contribution in [2.24, 2.45) is 0 Å². The molecule has 0 heterocycles. The average molecular weight is 296 g/mol. The highest BCUT2D eigenvalue weighted by molar-refractivity contribution is 6.06. The molecule has 0 atom stereocenters. The normalized spacial score (nSPS) is 10.6. The van der Waals surface area contributed by atoms with E-state index in [4.69, 9.17) is 9.47 Å². The number of allylic oxidation sites excluding steroid dienone is 1. The summed E-state index contributed by atoms with van der Waals surface area (Å²) >= 11 is 0. The van der Waals surface area contributed by atoms with Crippen LogP contribution in [0.4, 0.5) is 0 Å². The lowest BCUT2D eigenvalue weighted by molar-refractivity contribution is 0.104. The Labute approximate surface area is 131 Å². The quantitative estimate of drug-likeness (QED) is 0.562. The molecule has 0 N–H and O–H groups in total. The highest BCUT2D eigenvalue weighted by atomic mass is 16.5. The van der Waals surface area contributed by atoms with E-state index in [1.807, 2.05) is 36.4 Å². The Morgan fingerprint density at radius 1 is 1.09 bits per heavy atom. The molecule has 0 saturated heterocycles. The van der Waals surface area contributed by atoms with E-state index in [2.05, 4.69) is 6.92 Å². The molecule has 2 aromatic rings. The van der Waals surface area contributed by atoms with Crippen molar-refractivity contribution in [3.8, 4) is 11.5 Å². The molecule has 0 unspecified atom stereocenters. The Morgan fingerprint density at radius 2 is 1.86 bits per heavy atom. The summed E-state index contributed by atoms with van der Waals surface area (Å²) in [6.07, 6.45) is 4.29. The van der Waals surface area contributed by atoms with Gasteiger partial charge in [0, 0.05) is 5.56 Å². The van der Waals surface area contributed by atoms with Crippen molar-refractivity contribution in [1.82, 2.24) is 0 Å². The first kappa shape index (κ1) is 15.8. The summed E-state index contributed by atoms with van der Waals surface area (Å²) in [6.45, 7) is 2.71. The number of carbonyl (C=O) groups is 1. The van der Waals surface area contributed by atoms with Gasteiger partial charge in [-0.05, 0) is 30.2 Å². The Hall–Kier alpha value is -2.55. The standard InChI is InChI=1S/C19H20O3/c1-3-13-22-18-12-10-15(14-19(18)21-2)9-11-17(20)16-7-5-4-6-8-16/h4-12,14H,3,13H2,1-2H3. The number of hydrogen-bond acceptors (Lipinski definition) is 3. The highest BCUT2D eigenvalue weighted by Gasteiger charge is 2.05. The van der Waals surface area contributed by atoms with Crippen LogP contribution in [0.5, 0.6) is 11.5 Å². The van der Waals surface area contributed by atoms with E-state index in [0.29, 0.717) is 17.9 Å². The summed E-state index contributed by atoms with van der Waals surface area (Å²) in [5.41, 5.74) is 1.57. The smallest absolute Gasteiger partial charge is 0.185 e. The predicted molar refractivity (Wildman–Crippen MR) is 88.6 cm³/mol. The Morgan fingerprint density at radius 3 is 2.55 bits per heavy atom. The number of ketones is 1. The van der Waals surface area contributed by atoms with E-state index >= 15 is 0 Å². The molecule has 22 heavy (non-hydrogen) atoms. The van der Waals surface area contributed by atoms with Gasteiger partial charge in [-0.1, -0.05) is 49.4 Å². The van der Waals surface area contributed by atoms with Crippen LogP contribution in [0.3, 0.4) is 0 Å². The summed E-state index contributed by atoms with van der Waals surface area (Å²) in [5, 5.41) is 0. The average Bonchev–Trinajstić information content (AvgIpc) is 2.58. The molecule has 0 fully saturated rings. The van der Waals surface area contributed by atoms with Gasteiger partial charge in [0.2, 0.25) is 0 Å². The second-order valence-electron chi connectivity index (χ2n) is 4.82. The van der Waals surface area contributed by atoms with Crippen LogP contribution in [0.15, 0.2) is 54.6 Å². The van der Waals surface area contributed by atoms with Gasteiger partial charge in [-0.2, -0.15) is 0 Å². The van der Waals surface area contributed by atoms with Crippen LogP contribution < -0.4 is 9.47 Å². The fraction of sp³-hybridized carbons (Fsp3) is 0.211. The van der Waals surface area contributed by atoms with Gasteiger partial charge >= 0.3 is 0 Å². The molecule has 3 nitrogen and oxygen atoms in total. The summed E-state index contributed by atoms with van der Waals surface area (Å²) in [6, 6.07) is 14.8. The van der Waals surface area contributed by atoms with Crippen molar-refractivity contribution in [3.05, 3.63) is 65.7 Å². The topological polar surface area (TPSA) is 35.5 Å². The molecule has 0 aliphatic carbocycles. The van der Waals surface area contributed by atoms with Crippen LogP contribution in [0.1, 0.15) is 29.3 Å². The number of ether oxygens (including phenoxy) is 2. The number of carbonyl (C=O) groups excluding carboxylic acids is 1. The predicted octanol–water partition coefficient (Wildman–Crippen LogP) is 4.38. The molecule has 2 aromatic carbocycles. The van der Waals surface area contributed by atoms with Crippen LogP contribution >= 0.6 is 0 Å². The number of rotatable bonds is 7. The maximum atomic E-state index is 12.0. The van der Waals surface area contributed by atoms with Crippen molar-refractivity contribution in [3.63, 3.8) is 0 Å². The van der Waals surface area contributed by atoms with Crippen LogP contribution in [-0.4, -0.2) is 19.5 Å². The van der Waals surface area contributed by atoms with E-state index in [0.717, 1.165) is 17.7 Å². The molecule has 0 radical (unpaired) electrons. The fourth-order valence-electron chi connectivity index (χ4n) is 1.99. The van der Waals surface area contributed by atoms with Crippen LogP contribution in [0, 0.1) is 0 Å². The number of benzene rings is 2. The third-order valence-electron chi connectivity index (χ3n) is 3.13. The van der Waals surface area contributed by atoms with Crippen molar-refractivity contribution < 1.29 is 14.3 Å². The second kappa shape index (κ2) is 8.03. The maximum absolute atomic E-state index is 12.0. The minimum Gasteiger partial charge on any atom is -0.493 e. The van der Waals surface area contributed by atoms with Gasteiger partial charge < -0.3 is 9.47 Å². The van der Waals surface area contributed by atoms with Gasteiger partial charge in [0.15, 0.2) is 17.3 Å². The number of methoxy groups -OCH3 is 1. The molecule has 114 valence electrons. The minimum atomic E-state index is -0.0223. The van der Waals surface area contributed by atoms with Crippen LogP contribution in [0.25, 0.3) is 6.08 Å². The first-order valence-electron chi connectivity index (χ1n) is 7.33. The SMILES string of the molecule is CCCOc1ccc(C=CC(=O)c2ccccc2)cc1OC. The van der Waals surface area contributed by atoms with Gasteiger partial charge in [0.1, 0.15) is 0 Å². The summed E-state index contributed by atoms with van der Waals surface area (Å²) in [5.74, 6) is 1.37. The zero-order valence-electron chi connectivity index (χ0n) is 12.9. The lowest BCUT2D eigenvalue weighted by Gasteiger charge is -2.10. The molecule has 0 spiro atoms. The lowest BCUT2D eigenvalue weighted by Crippen LogP contribution is -1.98. The van der Waals surface area contributed by atoms with E-state index < -0.39 is 0 Å². The number of hydrogen-bond donors (Lipinski definition) is 0. The maximum Gasteiger partial charge on any atom is 0.185 e. The zero-order valence-corrected chi connectivity index (χ0v) is 12.9. The zero-order chi connectivity index (χ0) is 15.8. The van der Waals surface area contributed by atoms with Gasteiger partial charge in [-0.3, -0.25) is 4.79 Å². The summed E-state index contributed by atoms with van der Waals surface area (Å²) in [4.78, 5) is 12.0. The van der Waals surface area contributed by atoms with E-state index in [-0.39, 0.29) is 5.78 Å². The molecule has 0 amide bonds. The van der Waals surface area contributed by atoms with E-state index in [1.54, 1.807) is 31.4 Å². The molecular weight excluding hydrogens is 276 g/mol. The summed E-state index contributed by atoms with van der Waals surface area (Å²) in [7, 11) is 1.61. The first-order chi connectivity index (χ1) is 10.7. The van der Waals surface area contributed by atoms with Gasteiger partial charge in [0.05, 0.1) is 13.7 Å². The Bertz CT molecular complexity index is 645. The Balaban J connectivity index is 2.12. The molecule has 0 aliphatic rings. The van der Waals surface area contributed by atoms with Crippen LogP contribution in [0.2, 0.25) is 0 Å². The monoisotopic (exact) mass is 296 g/mol. The largest absolute Gasteiger partial charge is 0.493 e. The third-order valence-corrected chi connectivity index (χ3v) is 3.13. The minimum absolute atomic E-state index is 0.0223. The summed E-state index contributed by atoms with van der Waals surface area (Å²) < 4.78 is 10.9. The molecule has 0 saturated carbocycles. The van der Waals surface area contributed by atoms with Crippen LogP contribution in [-0.2, 0) is 0 Å². The second-order valence-corrected chi connectivity index (χ2v) is 4.82. The van der Waals surface area contributed by atoms with Gasteiger partial charge in [-0.25, -0.2) is 0 Å². The highest BCUT2D eigenvalue weighted by Crippen LogP contribution is 2.28. The van der Waals surface area contributed by atoms with Crippen molar-refractivity contribution in [2.75, 3.05) is 13.7 Å². The first-order valence-corrected chi connectivity index (χ1v) is 7.33. The third kappa shape index (κ3) is 4.22. The van der Waals surface area contributed by atoms with Crippen molar-refractivity contribution >= 4 is 11.9 Å². The molecule has 3 heteroatoms. The molecule has 0 aromatic heterocycles. The lowest BCUT2D eigenvalue weighted by atomic mass is 10.1. The van der Waals surface area contributed by atoms with Crippen molar-refractivity contribution in [2.45, 2.75) is 13.3 Å². The van der Waals surface area contributed by atoms with E-state index in [1.165, 1.54) is 0 Å². The molecule has 2 rings (SSSR count). The van der Waals surface area contributed by atoms with Crippen molar-refractivity contribution in [1.29, 1.82) is 0 Å². The van der Waals surface area contributed by atoms with Gasteiger partial charge in [-0.15, -0.1) is 0 Å². The van der Waals surface area contributed by atoms with E-state index in [9.17, 15) is 4.79 Å². The van der Waals surface area contributed by atoms with Gasteiger partial charge in [0.25, 0.3) is 0 Å². The molecular formula is C19H20O3. The Kier molecular flexibility index (Phi) is 5.78.